The van der Waals surface area contributed by atoms with E-state index in [9.17, 15) is 9.59 Å². The van der Waals surface area contributed by atoms with Gasteiger partial charge in [-0.25, -0.2) is 0 Å². The van der Waals surface area contributed by atoms with Crippen LogP contribution >= 0.6 is 0 Å². The molecule has 0 fully saturated rings. The third-order valence-corrected chi connectivity index (χ3v) is 3.01. The minimum absolute atomic E-state index is 0.113. The molecule has 0 bridgehead atoms. The molecule has 6 heteroatoms. The van der Waals surface area contributed by atoms with Crippen LogP contribution in [-0.4, -0.2) is 29.9 Å². The number of esters is 2. The Kier molecular flexibility index (Phi) is 4.78. The van der Waals surface area contributed by atoms with Crippen LogP contribution in [0.4, 0.5) is 0 Å². The molecule has 24 heavy (non-hydrogen) atoms. The van der Waals surface area contributed by atoms with Gasteiger partial charge < -0.3 is 18.9 Å². The molecule has 0 amide bonds. The van der Waals surface area contributed by atoms with Crippen molar-refractivity contribution in [3.8, 4) is 11.5 Å². The van der Waals surface area contributed by atoms with Crippen LogP contribution in [0.3, 0.4) is 0 Å². The molecule has 0 N–H and O–H groups in total. The summed E-state index contributed by atoms with van der Waals surface area (Å²) < 4.78 is 21.4. The molecular formula is C18H24O6. The van der Waals surface area contributed by atoms with Gasteiger partial charge in [-0.1, -0.05) is 6.07 Å². The standard InChI is InChI=1S/C18H24O6/c1-17(2,3)23-15(19)14(16(20)24-18(4,5)6)11-7-8-12-13(9-11)22-10-21-12/h7-9,14H,10H2,1-6H3. The number of carbonyl (C=O) groups is 2. The molecular weight excluding hydrogens is 312 g/mol. The number of benzene rings is 1. The molecule has 0 aliphatic carbocycles. The van der Waals surface area contributed by atoms with Gasteiger partial charge in [-0.2, -0.15) is 0 Å². The molecule has 6 nitrogen and oxygen atoms in total. The van der Waals surface area contributed by atoms with Gasteiger partial charge in [-0.3, -0.25) is 9.59 Å². The van der Waals surface area contributed by atoms with Crippen LogP contribution in [0.5, 0.6) is 11.5 Å². The van der Waals surface area contributed by atoms with Crippen LogP contribution in [-0.2, 0) is 19.1 Å². The van der Waals surface area contributed by atoms with Gasteiger partial charge in [0.15, 0.2) is 17.4 Å². The molecule has 0 atom stereocenters. The predicted molar refractivity (Wildman–Crippen MR) is 87.0 cm³/mol. The van der Waals surface area contributed by atoms with Crippen molar-refractivity contribution in [2.75, 3.05) is 6.79 Å². The maximum absolute atomic E-state index is 12.6. The van der Waals surface area contributed by atoms with Crippen molar-refractivity contribution >= 4 is 11.9 Å². The van der Waals surface area contributed by atoms with E-state index in [4.69, 9.17) is 18.9 Å². The van der Waals surface area contributed by atoms with E-state index in [0.29, 0.717) is 17.1 Å². The summed E-state index contributed by atoms with van der Waals surface area (Å²) in [6, 6.07) is 4.92. The van der Waals surface area contributed by atoms with Crippen molar-refractivity contribution in [2.45, 2.75) is 58.7 Å². The highest BCUT2D eigenvalue weighted by Crippen LogP contribution is 2.36. The Morgan fingerprint density at radius 3 is 1.92 bits per heavy atom. The average Bonchev–Trinajstić information content (AvgIpc) is 2.81. The zero-order valence-electron chi connectivity index (χ0n) is 15.0. The van der Waals surface area contributed by atoms with Crippen molar-refractivity contribution in [1.82, 2.24) is 0 Å². The maximum atomic E-state index is 12.6. The van der Waals surface area contributed by atoms with E-state index >= 15 is 0 Å². The Morgan fingerprint density at radius 1 is 0.917 bits per heavy atom. The second-order valence-corrected chi connectivity index (χ2v) is 7.61. The first kappa shape index (κ1) is 18.1. The minimum Gasteiger partial charge on any atom is -0.459 e. The number of hydrogen-bond acceptors (Lipinski definition) is 6. The van der Waals surface area contributed by atoms with Gasteiger partial charge in [0.25, 0.3) is 0 Å². The number of carbonyl (C=O) groups excluding carboxylic acids is 2. The minimum atomic E-state index is -1.18. The Morgan fingerprint density at radius 2 is 1.42 bits per heavy atom. The molecule has 1 heterocycles. The fraction of sp³-hybridized carbons (Fsp3) is 0.556. The maximum Gasteiger partial charge on any atom is 0.325 e. The van der Waals surface area contributed by atoms with Gasteiger partial charge in [0.2, 0.25) is 6.79 Å². The lowest BCUT2D eigenvalue weighted by molar-refractivity contribution is -0.169. The molecule has 1 aromatic rings. The molecule has 0 saturated heterocycles. The summed E-state index contributed by atoms with van der Waals surface area (Å²) in [6.07, 6.45) is 0. The van der Waals surface area contributed by atoms with Gasteiger partial charge in [-0.15, -0.1) is 0 Å². The smallest absolute Gasteiger partial charge is 0.325 e. The number of hydrogen-bond donors (Lipinski definition) is 0. The first-order valence-corrected chi connectivity index (χ1v) is 7.81. The van der Waals surface area contributed by atoms with E-state index in [1.807, 2.05) is 0 Å². The quantitative estimate of drug-likeness (QED) is 0.623. The normalized spacial score (nSPS) is 13.8. The molecule has 1 aromatic carbocycles. The number of rotatable bonds is 3. The summed E-state index contributed by atoms with van der Waals surface area (Å²) in [7, 11) is 0. The highest BCUT2D eigenvalue weighted by atomic mass is 16.7. The first-order valence-electron chi connectivity index (χ1n) is 7.81. The molecule has 1 aliphatic heterocycles. The summed E-state index contributed by atoms with van der Waals surface area (Å²) in [5, 5.41) is 0. The van der Waals surface area contributed by atoms with E-state index in [0.717, 1.165) is 0 Å². The molecule has 0 radical (unpaired) electrons. The van der Waals surface area contributed by atoms with Crippen molar-refractivity contribution < 1.29 is 28.5 Å². The Balaban J connectivity index is 2.35. The highest BCUT2D eigenvalue weighted by molar-refractivity contribution is 6.01. The van der Waals surface area contributed by atoms with Crippen LogP contribution < -0.4 is 9.47 Å². The van der Waals surface area contributed by atoms with Crippen molar-refractivity contribution in [3.63, 3.8) is 0 Å². The topological polar surface area (TPSA) is 71.1 Å². The first-order chi connectivity index (χ1) is 11.0. The molecule has 0 aromatic heterocycles. The van der Waals surface area contributed by atoms with Crippen molar-refractivity contribution in [1.29, 1.82) is 0 Å². The summed E-state index contributed by atoms with van der Waals surface area (Å²) in [5.41, 5.74) is -0.982. The van der Waals surface area contributed by atoms with E-state index in [1.54, 1.807) is 59.7 Å². The third-order valence-electron chi connectivity index (χ3n) is 3.01. The largest absolute Gasteiger partial charge is 0.459 e. The second-order valence-electron chi connectivity index (χ2n) is 7.61. The van der Waals surface area contributed by atoms with Crippen LogP contribution in [0.1, 0.15) is 53.0 Å². The Labute approximate surface area is 142 Å². The Bertz CT molecular complexity index is 608. The fourth-order valence-electron chi connectivity index (χ4n) is 2.18. The summed E-state index contributed by atoms with van der Waals surface area (Å²) >= 11 is 0. The van der Waals surface area contributed by atoms with Crippen molar-refractivity contribution in [3.05, 3.63) is 23.8 Å². The van der Waals surface area contributed by atoms with E-state index in [2.05, 4.69) is 0 Å². The predicted octanol–water partition coefficient (Wildman–Crippen LogP) is 3.18. The highest BCUT2D eigenvalue weighted by Gasteiger charge is 2.37. The van der Waals surface area contributed by atoms with Gasteiger partial charge in [0, 0.05) is 0 Å². The average molecular weight is 336 g/mol. The Hall–Kier alpha value is -2.24. The van der Waals surface area contributed by atoms with Crippen molar-refractivity contribution in [2.24, 2.45) is 0 Å². The van der Waals surface area contributed by atoms with Gasteiger partial charge in [-0.05, 0) is 59.2 Å². The van der Waals surface area contributed by atoms with E-state index in [-0.39, 0.29) is 6.79 Å². The second kappa shape index (κ2) is 6.34. The van der Waals surface area contributed by atoms with Crippen LogP contribution in [0, 0.1) is 0 Å². The lowest BCUT2D eigenvalue weighted by Crippen LogP contribution is -2.35. The SMILES string of the molecule is CC(C)(C)OC(=O)C(C(=O)OC(C)(C)C)c1ccc2c(c1)OCO2. The van der Waals surface area contributed by atoms with Gasteiger partial charge >= 0.3 is 11.9 Å². The van der Waals surface area contributed by atoms with E-state index < -0.39 is 29.1 Å². The van der Waals surface area contributed by atoms with Gasteiger partial charge in [0.05, 0.1) is 0 Å². The number of ether oxygens (including phenoxy) is 4. The molecule has 0 saturated carbocycles. The third kappa shape index (κ3) is 4.63. The number of fused-ring (bicyclic) bond motifs is 1. The van der Waals surface area contributed by atoms with Crippen LogP contribution in [0.25, 0.3) is 0 Å². The van der Waals surface area contributed by atoms with Crippen LogP contribution in [0.15, 0.2) is 18.2 Å². The molecule has 0 unspecified atom stereocenters. The molecule has 2 rings (SSSR count). The molecule has 0 spiro atoms. The summed E-state index contributed by atoms with van der Waals surface area (Å²) in [4.78, 5) is 25.2. The summed E-state index contributed by atoms with van der Waals surface area (Å²) in [5.74, 6) is -1.43. The lowest BCUT2D eigenvalue weighted by Gasteiger charge is -2.26. The zero-order valence-corrected chi connectivity index (χ0v) is 15.0. The molecule has 1 aliphatic rings. The fourth-order valence-corrected chi connectivity index (χ4v) is 2.18. The van der Waals surface area contributed by atoms with Gasteiger partial charge in [0.1, 0.15) is 11.2 Å². The lowest BCUT2D eigenvalue weighted by atomic mass is 9.98. The monoisotopic (exact) mass is 336 g/mol. The van der Waals surface area contributed by atoms with Crippen LogP contribution in [0.2, 0.25) is 0 Å². The molecule has 132 valence electrons. The zero-order chi connectivity index (χ0) is 18.1. The summed E-state index contributed by atoms with van der Waals surface area (Å²) in [6.45, 7) is 10.6. The van der Waals surface area contributed by atoms with E-state index in [1.165, 1.54) is 0 Å².